The second-order valence-corrected chi connectivity index (χ2v) is 5.66. The third-order valence-corrected chi connectivity index (χ3v) is 4.20. The first-order chi connectivity index (χ1) is 7.38. The van der Waals surface area contributed by atoms with Crippen LogP contribution in [-0.4, -0.2) is 50.7 Å². The maximum atomic E-state index is 11.5. The molecule has 0 aromatic carbocycles. The van der Waals surface area contributed by atoms with Gasteiger partial charge in [0.05, 0.1) is 11.8 Å². The highest BCUT2D eigenvalue weighted by Gasteiger charge is 2.20. The van der Waals surface area contributed by atoms with Crippen molar-refractivity contribution in [1.29, 1.82) is 0 Å². The lowest BCUT2D eigenvalue weighted by atomic mass is 10.4. The molecule has 0 aliphatic carbocycles. The summed E-state index contributed by atoms with van der Waals surface area (Å²) in [6.07, 6.45) is 0. The van der Waals surface area contributed by atoms with E-state index >= 15 is 0 Å². The van der Waals surface area contributed by atoms with E-state index in [4.69, 9.17) is 5.73 Å². The largest absolute Gasteiger partial charge is 0.342 e. The summed E-state index contributed by atoms with van der Waals surface area (Å²) in [4.78, 5) is 13.1. The van der Waals surface area contributed by atoms with Crippen LogP contribution in [0.2, 0.25) is 0 Å². The maximum Gasteiger partial charge on any atom is 0.237 e. The summed E-state index contributed by atoms with van der Waals surface area (Å²) in [7, 11) is -3.48. The number of rotatable bonds is 7. The highest BCUT2D eigenvalue weighted by atomic mass is 32.2. The van der Waals surface area contributed by atoms with Gasteiger partial charge in [0.15, 0.2) is 0 Å². The lowest BCUT2D eigenvalue weighted by molar-refractivity contribution is -0.129. The molecule has 0 aromatic heterocycles. The molecule has 0 radical (unpaired) electrons. The molecule has 0 saturated carbocycles. The Kier molecular flexibility index (Phi) is 6.54. The summed E-state index contributed by atoms with van der Waals surface area (Å²) in [5, 5.41) is -0.683. The van der Waals surface area contributed by atoms with Gasteiger partial charge in [-0.05, 0) is 20.8 Å². The van der Waals surface area contributed by atoms with Crippen molar-refractivity contribution in [2.24, 2.45) is 5.73 Å². The fourth-order valence-electron chi connectivity index (χ4n) is 1.12. The molecule has 0 heterocycles. The van der Waals surface area contributed by atoms with Gasteiger partial charge in [-0.1, -0.05) is 0 Å². The fraction of sp³-hybridized carbons (Fsp3) is 0.889. The van der Waals surface area contributed by atoms with Gasteiger partial charge >= 0.3 is 0 Å². The third-order valence-electron chi connectivity index (χ3n) is 2.40. The van der Waals surface area contributed by atoms with Gasteiger partial charge in [0.25, 0.3) is 0 Å². The van der Waals surface area contributed by atoms with Crippen LogP contribution in [0.4, 0.5) is 0 Å². The zero-order valence-corrected chi connectivity index (χ0v) is 10.9. The fourth-order valence-corrected chi connectivity index (χ4v) is 1.98. The van der Waals surface area contributed by atoms with Crippen molar-refractivity contribution in [3.63, 3.8) is 0 Å². The number of carbonyl (C=O) groups excluding carboxylic acids is 1. The monoisotopic (exact) mass is 251 g/mol. The molecule has 1 amide bonds. The second kappa shape index (κ2) is 6.82. The van der Waals surface area contributed by atoms with Gasteiger partial charge in [0.2, 0.25) is 15.9 Å². The molecular weight excluding hydrogens is 230 g/mol. The highest BCUT2D eigenvalue weighted by molar-refractivity contribution is 7.90. The van der Waals surface area contributed by atoms with Crippen LogP contribution < -0.4 is 10.5 Å². The van der Waals surface area contributed by atoms with E-state index < -0.39 is 15.3 Å². The number of hydrogen-bond donors (Lipinski definition) is 2. The topological polar surface area (TPSA) is 92.5 Å². The van der Waals surface area contributed by atoms with Gasteiger partial charge in [-0.25, -0.2) is 13.1 Å². The number of nitrogens with two attached hydrogens (primary N) is 1. The van der Waals surface area contributed by atoms with E-state index in [1.54, 1.807) is 4.90 Å². The molecule has 0 spiro atoms. The Bertz CT molecular complexity index is 312. The molecule has 1 atom stereocenters. The summed E-state index contributed by atoms with van der Waals surface area (Å²) in [6, 6.07) is 0. The van der Waals surface area contributed by atoms with Crippen LogP contribution >= 0.6 is 0 Å². The lowest BCUT2D eigenvalue weighted by Gasteiger charge is -2.19. The normalized spacial score (nSPS) is 13.5. The molecule has 7 heteroatoms. The number of carbonyl (C=O) groups is 1. The number of hydrogen-bond acceptors (Lipinski definition) is 4. The van der Waals surface area contributed by atoms with E-state index in [0.29, 0.717) is 13.1 Å². The second-order valence-electron chi connectivity index (χ2n) is 3.48. The summed E-state index contributed by atoms with van der Waals surface area (Å²) in [5.41, 5.74) is 5.26. The zero-order valence-electron chi connectivity index (χ0n) is 10.1. The molecule has 0 bridgehead atoms. The van der Waals surface area contributed by atoms with Crippen LogP contribution in [-0.2, 0) is 14.8 Å². The number of likely N-dealkylation sites (N-methyl/N-ethyl adjacent to an activating group) is 1. The number of nitrogens with zero attached hydrogens (tertiary/aromatic N) is 1. The molecule has 3 N–H and O–H groups in total. The summed E-state index contributed by atoms with van der Waals surface area (Å²) in [6.45, 7) is 6.18. The minimum atomic E-state index is -3.48. The van der Waals surface area contributed by atoms with Crippen LogP contribution in [0.15, 0.2) is 0 Å². The van der Waals surface area contributed by atoms with E-state index in [1.807, 2.05) is 13.8 Å². The first-order valence-corrected chi connectivity index (χ1v) is 6.89. The van der Waals surface area contributed by atoms with E-state index in [1.165, 1.54) is 6.92 Å². The Balaban J connectivity index is 4.30. The van der Waals surface area contributed by atoms with Crippen LogP contribution in [0, 0.1) is 0 Å². The van der Waals surface area contributed by atoms with Gasteiger partial charge < -0.3 is 10.6 Å². The molecule has 0 aromatic rings. The zero-order chi connectivity index (χ0) is 12.8. The first kappa shape index (κ1) is 15.3. The average molecular weight is 251 g/mol. The molecule has 1 unspecified atom stereocenters. The van der Waals surface area contributed by atoms with E-state index in [2.05, 4.69) is 4.72 Å². The van der Waals surface area contributed by atoms with Crippen LogP contribution in [0.25, 0.3) is 0 Å². The highest BCUT2D eigenvalue weighted by Crippen LogP contribution is 1.96. The Morgan fingerprint density at radius 1 is 1.38 bits per heavy atom. The van der Waals surface area contributed by atoms with Crippen LogP contribution in [0.5, 0.6) is 0 Å². The minimum absolute atomic E-state index is 0.0365. The third kappa shape index (κ3) is 4.46. The molecule has 6 nitrogen and oxygen atoms in total. The van der Waals surface area contributed by atoms with Gasteiger partial charge in [-0.3, -0.25) is 4.79 Å². The van der Waals surface area contributed by atoms with Crippen LogP contribution in [0.3, 0.4) is 0 Å². The van der Waals surface area contributed by atoms with Crippen molar-refractivity contribution in [2.45, 2.75) is 26.0 Å². The lowest BCUT2D eigenvalue weighted by Crippen LogP contribution is -2.43. The van der Waals surface area contributed by atoms with E-state index in [-0.39, 0.29) is 19.0 Å². The van der Waals surface area contributed by atoms with Crippen molar-refractivity contribution >= 4 is 15.9 Å². The molecule has 96 valence electrons. The van der Waals surface area contributed by atoms with Gasteiger partial charge in [-0.2, -0.15) is 0 Å². The minimum Gasteiger partial charge on any atom is -0.342 e. The Morgan fingerprint density at radius 2 is 1.88 bits per heavy atom. The molecule has 0 aliphatic heterocycles. The van der Waals surface area contributed by atoms with Crippen LogP contribution in [0.1, 0.15) is 20.8 Å². The summed E-state index contributed by atoms with van der Waals surface area (Å²) >= 11 is 0. The Labute approximate surface area is 97.2 Å². The average Bonchev–Trinajstić information content (AvgIpc) is 2.27. The summed E-state index contributed by atoms with van der Waals surface area (Å²) < 4.78 is 25.3. The molecule has 0 aliphatic rings. The number of amides is 1. The quantitative estimate of drug-likeness (QED) is 0.614. The molecule has 0 rings (SSSR count). The molecule has 0 saturated heterocycles. The first-order valence-electron chi connectivity index (χ1n) is 5.35. The van der Waals surface area contributed by atoms with Crippen molar-refractivity contribution < 1.29 is 13.2 Å². The SMILES string of the molecule is CCN(CC)C(=O)CNS(=O)(=O)C(C)CN. The van der Waals surface area contributed by atoms with Gasteiger partial charge in [0, 0.05) is 19.6 Å². The van der Waals surface area contributed by atoms with Crippen molar-refractivity contribution in [3.05, 3.63) is 0 Å². The maximum absolute atomic E-state index is 11.5. The van der Waals surface area contributed by atoms with Gasteiger partial charge in [-0.15, -0.1) is 0 Å². The number of nitrogens with one attached hydrogen (secondary N) is 1. The standard InChI is InChI=1S/C9H21N3O3S/c1-4-12(5-2)9(13)7-11-16(14,15)8(3)6-10/h8,11H,4-7,10H2,1-3H3. The predicted molar refractivity (Wildman–Crippen MR) is 63.4 cm³/mol. The number of sulfonamides is 1. The summed E-state index contributed by atoms with van der Waals surface area (Å²) in [5.74, 6) is -0.224. The smallest absolute Gasteiger partial charge is 0.237 e. The molecular formula is C9H21N3O3S. The molecule has 0 fully saturated rings. The van der Waals surface area contributed by atoms with Crippen molar-refractivity contribution in [2.75, 3.05) is 26.2 Å². The van der Waals surface area contributed by atoms with Gasteiger partial charge in [0.1, 0.15) is 0 Å². The van der Waals surface area contributed by atoms with E-state index in [0.717, 1.165) is 0 Å². The van der Waals surface area contributed by atoms with Crippen molar-refractivity contribution in [3.8, 4) is 0 Å². The predicted octanol–water partition coefficient (Wildman–Crippen LogP) is -0.879. The van der Waals surface area contributed by atoms with Crippen molar-refractivity contribution in [1.82, 2.24) is 9.62 Å². The Morgan fingerprint density at radius 3 is 2.25 bits per heavy atom. The molecule has 16 heavy (non-hydrogen) atoms. The van der Waals surface area contributed by atoms with E-state index in [9.17, 15) is 13.2 Å². The Hall–Kier alpha value is -0.660.